The van der Waals surface area contributed by atoms with Crippen molar-refractivity contribution in [1.29, 1.82) is 0 Å². The van der Waals surface area contributed by atoms with Crippen molar-refractivity contribution < 1.29 is 4.79 Å². The van der Waals surface area contributed by atoms with Crippen LogP contribution in [0.5, 0.6) is 0 Å². The molecule has 0 bridgehead atoms. The summed E-state index contributed by atoms with van der Waals surface area (Å²) in [6.45, 7) is 0. The zero-order valence-electron chi connectivity index (χ0n) is 12.6. The van der Waals surface area contributed by atoms with E-state index in [1.54, 1.807) is 11.7 Å². The van der Waals surface area contributed by atoms with Gasteiger partial charge in [0.15, 0.2) is 5.82 Å². The molecule has 1 aromatic carbocycles. The number of tetrazole rings is 1. The van der Waals surface area contributed by atoms with Crippen molar-refractivity contribution in [2.75, 3.05) is 7.05 Å². The topological polar surface area (TPSA) is 84.7 Å². The van der Waals surface area contributed by atoms with Crippen LogP contribution in [0.2, 0.25) is 0 Å². The van der Waals surface area contributed by atoms with E-state index < -0.39 is 5.54 Å². The number of aromatic nitrogens is 4. The number of rotatable bonds is 3. The normalized spacial score (nSPS) is 17.0. The Labute approximate surface area is 129 Å². The van der Waals surface area contributed by atoms with Gasteiger partial charge < -0.3 is 10.6 Å². The molecule has 1 heterocycles. The maximum atomic E-state index is 11.9. The summed E-state index contributed by atoms with van der Waals surface area (Å²) in [5, 5.41) is 17.9. The molecule has 0 unspecified atom stereocenters. The van der Waals surface area contributed by atoms with Crippen LogP contribution in [0.3, 0.4) is 0 Å². The average Bonchev–Trinajstić information content (AvgIpc) is 3.07. The standard InChI is InChI=1S/C15H20N6O/c1-16-14(22)17-15(10-6-3-7-11-15)13-18-19-20-21(13)12-8-4-2-5-9-12/h2,4-5,8-9H,3,6-7,10-11H2,1H3,(H2,16,17,22). The second-order valence-corrected chi connectivity index (χ2v) is 5.60. The molecule has 3 rings (SSSR count). The highest BCUT2D eigenvalue weighted by atomic mass is 16.2. The third kappa shape index (κ3) is 2.66. The van der Waals surface area contributed by atoms with Gasteiger partial charge in [0.1, 0.15) is 5.54 Å². The van der Waals surface area contributed by atoms with E-state index in [-0.39, 0.29) is 6.03 Å². The number of carbonyl (C=O) groups is 1. The fourth-order valence-electron chi connectivity index (χ4n) is 3.07. The first-order chi connectivity index (χ1) is 10.7. The summed E-state index contributed by atoms with van der Waals surface area (Å²) in [5.74, 6) is 0.696. The summed E-state index contributed by atoms with van der Waals surface area (Å²) in [5.41, 5.74) is 0.378. The third-order valence-corrected chi connectivity index (χ3v) is 4.19. The summed E-state index contributed by atoms with van der Waals surface area (Å²) >= 11 is 0. The van der Waals surface area contributed by atoms with Gasteiger partial charge in [0.25, 0.3) is 0 Å². The molecule has 1 fully saturated rings. The molecule has 7 heteroatoms. The molecular weight excluding hydrogens is 280 g/mol. The molecule has 0 atom stereocenters. The molecule has 1 saturated carbocycles. The van der Waals surface area contributed by atoms with Gasteiger partial charge in [0, 0.05) is 7.05 Å². The number of carbonyl (C=O) groups excluding carboxylic acids is 1. The predicted octanol–water partition coefficient (Wildman–Crippen LogP) is 1.75. The van der Waals surface area contributed by atoms with Crippen molar-refractivity contribution >= 4 is 6.03 Å². The van der Waals surface area contributed by atoms with Crippen LogP contribution in [-0.4, -0.2) is 33.3 Å². The predicted molar refractivity (Wildman–Crippen MR) is 81.5 cm³/mol. The first-order valence-electron chi connectivity index (χ1n) is 7.59. The van der Waals surface area contributed by atoms with Crippen molar-refractivity contribution in [3.63, 3.8) is 0 Å². The maximum Gasteiger partial charge on any atom is 0.315 e. The first kappa shape index (κ1) is 14.5. The Balaban J connectivity index is 2.02. The molecule has 1 aromatic heterocycles. The highest BCUT2D eigenvalue weighted by molar-refractivity contribution is 5.74. The van der Waals surface area contributed by atoms with E-state index in [0.717, 1.165) is 31.4 Å². The highest BCUT2D eigenvalue weighted by Gasteiger charge is 2.40. The number of benzene rings is 1. The quantitative estimate of drug-likeness (QED) is 0.904. The number of nitrogens with one attached hydrogen (secondary N) is 2. The van der Waals surface area contributed by atoms with Crippen molar-refractivity contribution in [3.05, 3.63) is 36.2 Å². The minimum atomic E-state index is -0.516. The summed E-state index contributed by atoms with van der Waals surface area (Å²) < 4.78 is 1.72. The van der Waals surface area contributed by atoms with Gasteiger partial charge in [-0.2, -0.15) is 4.68 Å². The number of hydrogen-bond donors (Lipinski definition) is 2. The molecule has 0 spiro atoms. The summed E-state index contributed by atoms with van der Waals surface area (Å²) in [7, 11) is 1.62. The van der Waals surface area contributed by atoms with E-state index in [0.29, 0.717) is 5.82 Å². The van der Waals surface area contributed by atoms with E-state index in [1.165, 1.54) is 6.42 Å². The Morgan fingerprint density at radius 2 is 1.91 bits per heavy atom. The zero-order valence-corrected chi connectivity index (χ0v) is 12.6. The van der Waals surface area contributed by atoms with Gasteiger partial charge in [-0.15, -0.1) is 5.10 Å². The van der Waals surface area contributed by atoms with Crippen molar-refractivity contribution in [2.24, 2.45) is 0 Å². The fraction of sp³-hybridized carbons (Fsp3) is 0.467. The molecule has 0 radical (unpaired) electrons. The molecule has 0 saturated heterocycles. The largest absolute Gasteiger partial charge is 0.341 e. The van der Waals surface area contributed by atoms with Crippen LogP contribution in [0.4, 0.5) is 4.79 Å². The van der Waals surface area contributed by atoms with Gasteiger partial charge in [0.2, 0.25) is 0 Å². The van der Waals surface area contributed by atoms with Gasteiger partial charge >= 0.3 is 6.03 Å². The molecule has 1 aliphatic rings. The number of para-hydroxylation sites is 1. The summed E-state index contributed by atoms with van der Waals surface area (Å²) in [6, 6.07) is 9.55. The lowest BCUT2D eigenvalue weighted by atomic mass is 9.81. The van der Waals surface area contributed by atoms with Crippen LogP contribution < -0.4 is 10.6 Å². The van der Waals surface area contributed by atoms with Crippen LogP contribution >= 0.6 is 0 Å². The van der Waals surface area contributed by atoms with Gasteiger partial charge in [-0.3, -0.25) is 0 Å². The SMILES string of the molecule is CNC(=O)NC1(c2nnnn2-c2ccccc2)CCCCC1. The van der Waals surface area contributed by atoms with E-state index in [2.05, 4.69) is 26.2 Å². The van der Waals surface area contributed by atoms with E-state index in [1.807, 2.05) is 30.3 Å². The molecule has 1 aliphatic carbocycles. The third-order valence-electron chi connectivity index (χ3n) is 4.19. The minimum absolute atomic E-state index is 0.204. The number of hydrogen-bond acceptors (Lipinski definition) is 4. The monoisotopic (exact) mass is 300 g/mol. The molecule has 2 amide bonds. The molecule has 22 heavy (non-hydrogen) atoms. The van der Waals surface area contributed by atoms with Crippen LogP contribution in [0.25, 0.3) is 5.69 Å². The van der Waals surface area contributed by atoms with Crippen LogP contribution in [0.1, 0.15) is 37.9 Å². The Hall–Kier alpha value is -2.44. The molecule has 2 aromatic rings. The second kappa shape index (κ2) is 6.13. The van der Waals surface area contributed by atoms with Gasteiger partial charge in [-0.05, 0) is 35.4 Å². The lowest BCUT2D eigenvalue weighted by Gasteiger charge is -2.36. The van der Waals surface area contributed by atoms with Crippen molar-refractivity contribution in [2.45, 2.75) is 37.6 Å². The average molecular weight is 300 g/mol. The fourth-order valence-corrected chi connectivity index (χ4v) is 3.07. The molecule has 0 aliphatic heterocycles. The summed E-state index contributed by atoms with van der Waals surface area (Å²) in [6.07, 6.45) is 4.95. The highest BCUT2D eigenvalue weighted by Crippen LogP contribution is 2.36. The smallest absolute Gasteiger partial charge is 0.315 e. The molecule has 116 valence electrons. The minimum Gasteiger partial charge on any atom is -0.341 e. The zero-order chi connectivity index (χ0) is 15.4. The summed E-state index contributed by atoms with van der Waals surface area (Å²) in [4.78, 5) is 11.9. The Bertz CT molecular complexity index is 632. The Morgan fingerprint density at radius 3 is 2.59 bits per heavy atom. The maximum absolute atomic E-state index is 11.9. The van der Waals surface area contributed by atoms with Gasteiger partial charge in [-0.1, -0.05) is 37.5 Å². The lowest BCUT2D eigenvalue weighted by Crippen LogP contribution is -2.51. The number of amides is 2. The van der Waals surface area contributed by atoms with Gasteiger partial charge in [-0.25, -0.2) is 4.79 Å². The molecule has 7 nitrogen and oxygen atoms in total. The second-order valence-electron chi connectivity index (χ2n) is 5.60. The van der Waals surface area contributed by atoms with Gasteiger partial charge in [0.05, 0.1) is 5.69 Å². The Kier molecular flexibility index (Phi) is 4.04. The van der Waals surface area contributed by atoms with Crippen LogP contribution in [0, 0.1) is 0 Å². The van der Waals surface area contributed by atoms with E-state index in [9.17, 15) is 4.79 Å². The molecule has 2 N–H and O–H groups in total. The lowest BCUT2D eigenvalue weighted by molar-refractivity contribution is 0.196. The number of urea groups is 1. The van der Waals surface area contributed by atoms with E-state index >= 15 is 0 Å². The molecular formula is C15H20N6O. The number of nitrogens with zero attached hydrogens (tertiary/aromatic N) is 4. The van der Waals surface area contributed by atoms with Crippen LogP contribution in [-0.2, 0) is 5.54 Å². The van der Waals surface area contributed by atoms with Crippen molar-refractivity contribution in [1.82, 2.24) is 30.8 Å². The van der Waals surface area contributed by atoms with E-state index in [4.69, 9.17) is 0 Å². The van der Waals surface area contributed by atoms with Crippen molar-refractivity contribution in [3.8, 4) is 5.69 Å². The Morgan fingerprint density at radius 1 is 1.18 bits per heavy atom. The first-order valence-corrected chi connectivity index (χ1v) is 7.59. The van der Waals surface area contributed by atoms with Crippen LogP contribution in [0.15, 0.2) is 30.3 Å².